The summed E-state index contributed by atoms with van der Waals surface area (Å²) in [5, 5.41) is 0. The molecular formula is C40H45F2NO3. The number of allylic oxidation sites excluding steroid dienone is 2. The van der Waals surface area contributed by atoms with Gasteiger partial charge in [-0.25, -0.2) is 8.78 Å². The van der Waals surface area contributed by atoms with E-state index in [0.717, 1.165) is 84.7 Å². The Hall–Kier alpha value is -4.03. The molecule has 4 nitrogen and oxygen atoms in total. The molecule has 1 fully saturated rings. The maximum Gasteiger partial charge on any atom is 0.235 e. The van der Waals surface area contributed by atoms with Crippen molar-refractivity contribution in [2.75, 3.05) is 13.1 Å². The normalized spacial score (nSPS) is 15.4. The highest BCUT2D eigenvalue weighted by Crippen LogP contribution is 2.37. The van der Waals surface area contributed by atoms with Crippen LogP contribution >= 0.6 is 0 Å². The number of carbonyl (C=O) groups is 1. The van der Waals surface area contributed by atoms with Crippen molar-refractivity contribution in [1.29, 1.82) is 0 Å². The molecule has 5 rings (SSSR count). The van der Waals surface area contributed by atoms with Gasteiger partial charge in [0, 0.05) is 37.4 Å². The van der Waals surface area contributed by atoms with Crippen LogP contribution in [-0.2, 0) is 25.8 Å². The van der Waals surface area contributed by atoms with Gasteiger partial charge < -0.3 is 9.15 Å². The minimum atomic E-state index is -1.40. The Morgan fingerprint density at radius 3 is 2.39 bits per heavy atom. The highest BCUT2D eigenvalue weighted by atomic mass is 19.1. The lowest BCUT2D eigenvalue weighted by atomic mass is 9.74. The monoisotopic (exact) mass is 625 g/mol. The van der Waals surface area contributed by atoms with Crippen molar-refractivity contribution in [2.24, 2.45) is 5.41 Å². The van der Waals surface area contributed by atoms with Gasteiger partial charge in [0.2, 0.25) is 6.36 Å². The number of hydrogen-bond acceptors (Lipinski definition) is 4. The number of nitrogens with zero attached hydrogens (tertiary/aromatic N) is 1. The molecule has 4 aromatic rings. The zero-order valence-corrected chi connectivity index (χ0v) is 27.7. The first-order chi connectivity index (χ1) is 22.0. The summed E-state index contributed by atoms with van der Waals surface area (Å²) in [5.41, 5.74) is 6.63. The molecule has 0 bridgehead atoms. The number of furan rings is 1. The number of aryl methyl sites for hydroxylation is 1. The molecule has 1 aliphatic heterocycles. The van der Waals surface area contributed by atoms with Crippen LogP contribution in [0, 0.1) is 18.2 Å². The average Bonchev–Trinajstić information content (AvgIpc) is 3.49. The highest BCUT2D eigenvalue weighted by Gasteiger charge is 2.32. The lowest BCUT2D eigenvalue weighted by molar-refractivity contribution is 0.0859. The molecule has 2 heterocycles. The van der Waals surface area contributed by atoms with Crippen LogP contribution in [0.2, 0.25) is 0 Å². The molecular weight excluding hydrogens is 580 g/mol. The van der Waals surface area contributed by atoms with E-state index in [1.807, 2.05) is 55.5 Å². The van der Waals surface area contributed by atoms with Crippen molar-refractivity contribution in [1.82, 2.24) is 4.90 Å². The minimum Gasteiger partial charge on any atom is -0.461 e. The van der Waals surface area contributed by atoms with Gasteiger partial charge in [0.1, 0.15) is 23.1 Å². The van der Waals surface area contributed by atoms with Crippen LogP contribution < -0.4 is 4.74 Å². The molecule has 46 heavy (non-hydrogen) atoms. The molecule has 242 valence electrons. The molecule has 1 aromatic heterocycles. The second kappa shape index (κ2) is 14.6. The van der Waals surface area contributed by atoms with Crippen LogP contribution in [0.5, 0.6) is 5.75 Å². The Morgan fingerprint density at radius 2 is 1.72 bits per heavy atom. The quantitative estimate of drug-likeness (QED) is 0.116. The van der Waals surface area contributed by atoms with Gasteiger partial charge in [-0.15, -0.1) is 0 Å². The van der Waals surface area contributed by atoms with Gasteiger partial charge in [0.25, 0.3) is 0 Å². The standard InChI is InChI=1S/C40H45F2NO3/c1-27(2)6-11-35-14-17-39(46-35)32-10-15-36(38(44)23-30-7-12-34(13-8-30)45-29(4)41)33(24-32)25-40(5)18-20-43(21-19-40)26-31-9-16-37(42)28(3)22-31/h6-10,12-17,22,24,29H,11,18-21,23,25-26H2,1-5H3. The maximum atomic E-state index is 13.8. The van der Waals surface area contributed by atoms with Crippen molar-refractivity contribution < 1.29 is 22.7 Å². The van der Waals surface area contributed by atoms with Crippen molar-refractivity contribution in [2.45, 2.75) is 79.6 Å². The summed E-state index contributed by atoms with van der Waals surface area (Å²) < 4.78 is 38.4. The number of halogens is 2. The zero-order chi connectivity index (χ0) is 32.8. The van der Waals surface area contributed by atoms with E-state index in [1.54, 1.807) is 18.2 Å². The number of Topliss-reactive ketones (excluding diaryl/α,β-unsaturated/α-hetero) is 1. The Balaban J connectivity index is 1.35. The number of ketones is 1. The number of alkyl halides is 1. The number of benzene rings is 3. The molecule has 0 spiro atoms. The van der Waals surface area contributed by atoms with Gasteiger partial charge in [-0.1, -0.05) is 55.0 Å². The molecule has 3 aromatic carbocycles. The van der Waals surface area contributed by atoms with Crippen LogP contribution in [0.25, 0.3) is 11.3 Å². The fraction of sp³-hybridized carbons (Fsp3) is 0.375. The highest BCUT2D eigenvalue weighted by molar-refractivity contribution is 5.99. The summed E-state index contributed by atoms with van der Waals surface area (Å²) in [7, 11) is 0. The van der Waals surface area contributed by atoms with E-state index in [2.05, 4.69) is 37.8 Å². The molecule has 1 atom stereocenters. The maximum absolute atomic E-state index is 13.8. The number of piperidine rings is 1. The molecule has 6 heteroatoms. The summed E-state index contributed by atoms with van der Waals surface area (Å²) in [6.07, 6.45) is 4.50. The number of hydrogen-bond donors (Lipinski definition) is 0. The number of carbonyl (C=O) groups excluding carboxylic acids is 1. The van der Waals surface area contributed by atoms with Gasteiger partial charge in [-0.3, -0.25) is 9.69 Å². The van der Waals surface area contributed by atoms with E-state index in [0.29, 0.717) is 11.3 Å². The van der Waals surface area contributed by atoms with Crippen molar-refractivity contribution in [3.8, 4) is 17.1 Å². The van der Waals surface area contributed by atoms with Gasteiger partial charge in [-0.2, -0.15) is 0 Å². The van der Waals surface area contributed by atoms with Crippen LogP contribution in [0.1, 0.15) is 78.9 Å². The Bertz CT molecular complexity index is 1670. The van der Waals surface area contributed by atoms with Gasteiger partial charge in [0.15, 0.2) is 5.78 Å². The SMILES string of the molecule is CC(C)=CCc1ccc(-c2ccc(C(=O)Cc3ccc(OC(C)F)cc3)c(CC3(C)CCN(Cc4ccc(F)c(C)c4)CC3)c2)o1. The molecule has 1 unspecified atom stereocenters. The van der Waals surface area contributed by atoms with E-state index in [9.17, 15) is 13.6 Å². The first-order valence-electron chi connectivity index (χ1n) is 16.2. The number of likely N-dealkylation sites (tertiary alicyclic amines) is 1. The fourth-order valence-electron chi connectivity index (χ4n) is 6.22. The first-order valence-corrected chi connectivity index (χ1v) is 16.2. The fourth-order valence-corrected chi connectivity index (χ4v) is 6.22. The van der Waals surface area contributed by atoms with Gasteiger partial charge >= 0.3 is 0 Å². The Kier molecular flexibility index (Phi) is 10.6. The van der Waals surface area contributed by atoms with E-state index in [4.69, 9.17) is 9.15 Å². The predicted octanol–water partition coefficient (Wildman–Crippen LogP) is 9.87. The molecule has 0 N–H and O–H groups in total. The molecule has 0 radical (unpaired) electrons. The molecule has 0 saturated carbocycles. The summed E-state index contributed by atoms with van der Waals surface area (Å²) in [6, 6.07) is 22.5. The summed E-state index contributed by atoms with van der Waals surface area (Å²) in [5.74, 6) is 2.02. The number of ether oxygens (including phenoxy) is 1. The summed E-state index contributed by atoms with van der Waals surface area (Å²) >= 11 is 0. The Labute approximate surface area is 272 Å². The second-order valence-corrected chi connectivity index (χ2v) is 13.4. The third-order valence-corrected chi connectivity index (χ3v) is 8.96. The lowest BCUT2D eigenvalue weighted by Gasteiger charge is -2.40. The zero-order valence-electron chi connectivity index (χ0n) is 27.7. The molecule has 1 saturated heterocycles. The van der Waals surface area contributed by atoms with E-state index >= 15 is 0 Å². The van der Waals surface area contributed by atoms with Crippen LogP contribution in [0.4, 0.5) is 8.78 Å². The third-order valence-electron chi connectivity index (χ3n) is 8.96. The summed E-state index contributed by atoms with van der Waals surface area (Å²) in [6.45, 7) is 12.3. The largest absolute Gasteiger partial charge is 0.461 e. The third kappa shape index (κ3) is 8.82. The molecule has 1 aliphatic rings. The van der Waals surface area contributed by atoms with Crippen LogP contribution in [0.15, 0.2) is 88.9 Å². The average molecular weight is 626 g/mol. The second-order valence-electron chi connectivity index (χ2n) is 13.4. The Morgan fingerprint density at radius 1 is 1.00 bits per heavy atom. The van der Waals surface area contributed by atoms with Crippen molar-refractivity contribution >= 4 is 5.78 Å². The summed E-state index contributed by atoms with van der Waals surface area (Å²) in [4.78, 5) is 16.2. The van der Waals surface area contributed by atoms with E-state index < -0.39 is 6.36 Å². The number of rotatable bonds is 12. The van der Waals surface area contributed by atoms with E-state index in [1.165, 1.54) is 12.5 Å². The van der Waals surface area contributed by atoms with Crippen LogP contribution in [-0.4, -0.2) is 30.1 Å². The molecule has 0 amide bonds. The lowest BCUT2D eigenvalue weighted by Crippen LogP contribution is -2.39. The van der Waals surface area contributed by atoms with Crippen molar-refractivity contribution in [3.05, 3.63) is 124 Å². The van der Waals surface area contributed by atoms with Crippen LogP contribution in [0.3, 0.4) is 0 Å². The van der Waals surface area contributed by atoms with Crippen molar-refractivity contribution in [3.63, 3.8) is 0 Å². The van der Waals surface area contributed by atoms with E-state index in [-0.39, 0.29) is 23.4 Å². The van der Waals surface area contributed by atoms with Gasteiger partial charge in [0.05, 0.1) is 0 Å². The molecule has 0 aliphatic carbocycles. The first kappa shape index (κ1) is 33.3. The van der Waals surface area contributed by atoms with Gasteiger partial charge in [-0.05, 0) is 117 Å². The topological polar surface area (TPSA) is 42.7 Å². The minimum absolute atomic E-state index is 0.0166. The smallest absolute Gasteiger partial charge is 0.235 e. The predicted molar refractivity (Wildman–Crippen MR) is 180 cm³/mol.